The van der Waals surface area contributed by atoms with Crippen molar-refractivity contribution < 1.29 is 23.1 Å². The number of hydrogen-bond acceptors (Lipinski definition) is 4. The minimum atomic E-state index is -3.29. The Balaban J connectivity index is 4.08. The molecule has 0 aliphatic rings. The van der Waals surface area contributed by atoms with E-state index in [0.717, 1.165) is 0 Å². The zero-order valence-electron chi connectivity index (χ0n) is 11.9. The maximum absolute atomic E-state index is 11.5. The Kier molecular flexibility index (Phi) is 8.95. The van der Waals surface area contributed by atoms with Crippen molar-refractivity contribution in [2.75, 3.05) is 26.0 Å². The van der Waals surface area contributed by atoms with Gasteiger partial charge in [-0.1, -0.05) is 13.8 Å². The van der Waals surface area contributed by atoms with Gasteiger partial charge in [0.05, 0.1) is 12.4 Å². The second-order valence-electron chi connectivity index (χ2n) is 4.93. The van der Waals surface area contributed by atoms with Crippen LogP contribution in [-0.2, 0) is 19.6 Å². The Morgan fingerprint density at radius 2 is 1.95 bits per heavy atom. The minimum Gasteiger partial charge on any atom is -0.481 e. The van der Waals surface area contributed by atoms with E-state index in [1.807, 2.05) is 13.8 Å². The molecule has 1 unspecified atom stereocenters. The van der Waals surface area contributed by atoms with Gasteiger partial charge in [0.15, 0.2) is 0 Å². The number of methoxy groups -OCH3 is 1. The highest BCUT2D eigenvalue weighted by atomic mass is 32.2. The van der Waals surface area contributed by atoms with Crippen molar-refractivity contribution in [3.05, 3.63) is 0 Å². The monoisotopic (exact) mass is 295 g/mol. The molecular weight excluding hydrogens is 270 g/mol. The van der Waals surface area contributed by atoms with Gasteiger partial charge in [0.25, 0.3) is 0 Å². The van der Waals surface area contributed by atoms with Crippen LogP contribution in [0.2, 0.25) is 0 Å². The Morgan fingerprint density at radius 1 is 1.32 bits per heavy atom. The first-order valence-corrected chi connectivity index (χ1v) is 8.11. The van der Waals surface area contributed by atoms with Crippen LogP contribution < -0.4 is 4.72 Å². The van der Waals surface area contributed by atoms with Gasteiger partial charge in [0.1, 0.15) is 0 Å². The summed E-state index contributed by atoms with van der Waals surface area (Å²) < 4.78 is 30.3. The fourth-order valence-corrected chi connectivity index (χ4v) is 2.74. The predicted octanol–water partition coefficient (Wildman–Crippen LogP) is 1.08. The fraction of sp³-hybridized carbons (Fsp3) is 0.917. The first kappa shape index (κ1) is 18.3. The van der Waals surface area contributed by atoms with Gasteiger partial charge in [0.2, 0.25) is 10.0 Å². The zero-order chi connectivity index (χ0) is 14.9. The van der Waals surface area contributed by atoms with Crippen molar-refractivity contribution in [3.8, 4) is 0 Å². The minimum absolute atomic E-state index is 0.0506. The standard InChI is InChI=1S/C12H25NO5S/c1-10(2)11(4-5-12(14)15)6-7-13-19(16,17)9-8-18-3/h10-11,13H,4-9H2,1-3H3,(H,14,15). The Hall–Kier alpha value is -0.660. The van der Waals surface area contributed by atoms with Crippen molar-refractivity contribution in [2.24, 2.45) is 11.8 Å². The molecular formula is C12H25NO5S. The molecule has 6 nitrogen and oxygen atoms in total. The molecule has 19 heavy (non-hydrogen) atoms. The quantitative estimate of drug-likeness (QED) is 0.595. The summed E-state index contributed by atoms with van der Waals surface area (Å²) in [7, 11) is -1.83. The maximum atomic E-state index is 11.5. The molecule has 7 heteroatoms. The van der Waals surface area contributed by atoms with Gasteiger partial charge < -0.3 is 9.84 Å². The largest absolute Gasteiger partial charge is 0.481 e. The molecule has 2 N–H and O–H groups in total. The molecule has 0 aliphatic heterocycles. The Morgan fingerprint density at radius 3 is 2.42 bits per heavy atom. The van der Waals surface area contributed by atoms with Crippen LogP contribution in [-0.4, -0.2) is 45.5 Å². The summed E-state index contributed by atoms with van der Waals surface area (Å²) in [5, 5.41) is 8.67. The summed E-state index contributed by atoms with van der Waals surface area (Å²) in [4.78, 5) is 10.6. The molecule has 114 valence electrons. The molecule has 0 rings (SSSR count). The fourth-order valence-electron chi connectivity index (χ4n) is 1.78. The molecule has 0 fully saturated rings. The lowest BCUT2D eigenvalue weighted by Gasteiger charge is -2.20. The lowest BCUT2D eigenvalue weighted by atomic mass is 9.88. The van der Waals surface area contributed by atoms with E-state index in [4.69, 9.17) is 9.84 Å². The Bertz CT molecular complexity index is 353. The van der Waals surface area contributed by atoms with Crippen LogP contribution in [0.25, 0.3) is 0 Å². The zero-order valence-corrected chi connectivity index (χ0v) is 12.7. The first-order chi connectivity index (χ1) is 8.78. The molecule has 0 aromatic heterocycles. The van der Waals surface area contributed by atoms with Crippen LogP contribution in [0.4, 0.5) is 0 Å². The highest BCUT2D eigenvalue weighted by molar-refractivity contribution is 7.89. The molecule has 1 atom stereocenters. The Labute approximate surface area is 115 Å². The van der Waals surface area contributed by atoms with Gasteiger partial charge in [-0.15, -0.1) is 0 Å². The molecule has 0 aromatic carbocycles. The third kappa shape index (κ3) is 9.86. The highest BCUT2D eigenvalue weighted by Gasteiger charge is 2.16. The van der Waals surface area contributed by atoms with Crippen molar-refractivity contribution >= 4 is 16.0 Å². The van der Waals surface area contributed by atoms with Gasteiger partial charge in [-0.2, -0.15) is 0 Å². The smallest absolute Gasteiger partial charge is 0.303 e. The molecule has 0 saturated carbocycles. The second-order valence-corrected chi connectivity index (χ2v) is 6.86. The molecule has 0 heterocycles. The molecule has 0 aliphatic carbocycles. The molecule has 0 radical (unpaired) electrons. The van der Waals surface area contributed by atoms with Crippen molar-refractivity contribution in [1.29, 1.82) is 0 Å². The van der Waals surface area contributed by atoms with E-state index in [9.17, 15) is 13.2 Å². The number of carboxylic acids is 1. The first-order valence-electron chi connectivity index (χ1n) is 6.46. The molecule has 0 spiro atoms. The third-order valence-corrected chi connectivity index (χ3v) is 4.41. The SMILES string of the molecule is COCCS(=O)(=O)NCCC(CCC(=O)O)C(C)C. The summed E-state index contributed by atoms with van der Waals surface area (Å²) in [5.41, 5.74) is 0. The van der Waals surface area contributed by atoms with E-state index in [-0.39, 0.29) is 24.7 Å². The lowest BCUT2D eigenvalue weighted by molar-refractivity contribution is -0.137. The van der Waals surface area contributed by atoms with Gasteiger partial charge >= 0.3 is 5.97 Å². The molecule has 0 bridgehead atoms. The van der Waals surface area contributed by atoms with Gasteiger partial charge in [-0.05, 0) is 24.7 Å². The summed E-state index contributed by atoms with van der Waals surface area (Å²) in [6.07, 6.45) is 1.35. The number of rotatable bonds is 11. The molecule has 0 amide bonds. The predicted molar refractivity (Wildman–Crippen MR) is 73.5 cm³/mol. The molecule has 0 aromatic rings. The third-order valence-electron chi connectivity index (χ3n) is 3.07. The van der Waals surface area contributed by atoms with E-state index in [1.54, 1.807) is 0 Å². The second kappa shape index (κ2) is 9.28. The van der Waals surface area contributed by atoms with Crippen molar-refractivity contribution in [3.63, 3.8) is 0 Å². The van der Waals surface area contributed by atoms with Gasteiger partial charge in [-0.3, -0.25) is 4.79 Å². The van der Waals surface area contributed by atoms with Crippen LogP contribution in [0.5, 0.6) is 0 Å². The normalized spacial score (nSPS) is 13.7. The van der Waals surface area contributed by atoms with Crippen LogP contribution in [0.3, 0.4) is 0 Å². The van der Waals surface area contributed by atoms with Crippen LogP contribution >= 0.6 is 0 Å². The van der Waals surface area contributed by atoms with Crippen LogP contribution in [0.1, 0.15) is 33.1 Å². The molecule has 0 saturated heterocycles. The number of hydrogen-bond donors (Lipinski definition) is 2. The van der Waals surface area contributed by atoms with Crippen molar-refractivity contribution in [1.82, 2.24) is 4.72 Å². The van der Waals surface area contributed by atoms with E-state index in [2.05, 4.69) is 4.72 Å². The summed E-state index contributed by atoms with van der Waals surface area (Å²) in [5.74, 6) is -0.319. The van der Waals surface area contributed by atoms with Gasteiger partial charge in [-0.25, -0.2) is 13.1 Å². The highest BCUT2D eigenvalue weighted by Crippen LogP contribution is 2.20. The summed E-state index contributed by atoms with van der Waals surface area (Å²) in [6, 6.07) is 0. The average Bonchev–Trinajstić information content (AvgIpc) is 2.30. The van der Waals surface area contributed by atoms with Crippen LogP contribution in [0.15, 0.2) is 0 Å². The number of ether oxygens (including phenoxy) is 1. The van der Waals surface area contributed by atoms with E-state index < -0.39 is 16.0 Å². The summed E-state index contributed by atoms with van der Waals surface area (Å²) >= 11 is 0. The number of carboxylic acid groups (broad SMARTS) is 1. The van der Waals surface area contributed by atoms with Crippen LogP contribution in [0, 0.1) is 11.8 Å². The van der Waals surface area contributed by atoms with Crippen molar-refractivity contribution in [2.45, 2.75) is 33.1 Å². The van der Waals surface area contributed by atoms with E-state index in [0.29, 0.717) is 25.3 Å². The van der Waals surface area contributed by atoms with E-state index >= 15 is 0 Å². The topological polar surface area (TPSA) is 92.7 Å². The van der Waals surface area contributed by atoms with E-state index in [1.165, 1.54) is 7.11 Å². The average molecular weight is 295 g/mol. The number of sulfonamides is 1. The number of nitrogens with one attached hydrogen (secondary N) is 1. The maximum Gasteiger partial charge on any atom is 0.303 e. The number of carbonyl (C=O) groups is 1. The van der Waals surface area contributed by atoms with Gasteiger partial charge in [0, 0.05) is 20.1 Å². The number of aliphatic carboxylic acids is 1. The lowest BCUT2D eigenvalue weighted by Crippen LogP contribution is -2.30. The summed E-state index contributed by atoms with van der Waals surface area (Å²) in [6.45, 7) is 4.55.